The molecule has 2 aromatic rings. The van der Waals surface area contributed by atoms with Crippen molar-refractivity contribution >= 4 is 23.2 Å². The van der Waals surface area contributed by atoms with Crippen molar-refractivity contribution in [2.45, 2.75) is 66.1 Å². The topological polar surface area (TPSA) is 83.1 Å². The lowest BCUT2D eigenvalue weighted by Gasteiger charge is -2.28. The van der Waals surface area contributed by atoms with Gasteiger partial charge in [-0.15, -0.1) is 11.3 Å². The number of nitrogens with one attached hydrogen (secondary N) is 3. The molecule has 0 radical (unpaired) electrons. The van der Waals surface area contributed by atoms with Crippen LogP contribution in [0.5, 0.6) is 0 Å². The number of aromatic nitrogens is 1. The zero-order valence-electron chi connectivity index (χ0n) is 20.6. The highest BCUT2D eigenvalue weighted by molar-refractivity contribution is 7.09. The van der Waals surface area contributed by atoms with Gasteiger partial charge in [-0.3, -0.25) is 9.59 Å². The largest absolute Gasteiger partial charge is 0.345 e. The first-order valence-corrected chi connectivity index (χ1v) is 12.5. The molecule has 0 aliphatic rings. The van der Waals surface area contributed by atoms with E-state index < -0.39 is 12.1 Å². The quantitative estimate of drug-likeness (QED) is 0.405. The lowest BCUT2D eigenvalue weighted by Crippen LogP contribution is -2.55. The number of carbonyl (C=O) groups is 2. The monoisotopic (exact) mass is 470 g/mol. The third-order valence-electron chi connectivity index (χ3n) is 5.40. The van der Waals surface area contributed by atoms with E-state index in [-0.39, 0.29) is 29.7 Å². The summed E-state index contributed by atoms with van der Waals surface area (Å²) in [5.74, 6) is -0.242. The second-order valence-corrected chi connectivity index (χ2v) is 10.2. The maximum atomic E-state index is 13.3. The highest BCUT2D eigenvalue weighted by Crippen LogP contribution is 2.24. The van der Waals surface area contributed by atoms with Gasteiger partial charge in [0.15, 0.2) is 0 Å². The molecule has 2 rings (SSSR count). The van der Waals surface area contributed by atoms with Crippen LogP contribution in [0.4, 0.5) is 0 Å². The molecule has 7 heteroatoms. The SMILES string of the molecule is CC(C)=CCN[C@@H](Cc1ccccc1)C(=O)N[C@H](C(=O)N[C@H](c1nccs1)C(C)C)C(C)C. The molecule has 0 unspecified atom stereocenters. The summed E-state index contributed by atoms with van der Waals surface area (Å²) < 4.78 is 0. The lowest BCUT2D eigenvalue weighted by molar-refractivity contribution is -0.131. The van der Waals surface area contributed by atoms with Crippen LogP contribution in [0.1, 0.15) is 58.2 Å². The second-order valence-electron chi connectivity index (χ2n) is 9.26. The van der Waals surface area contributed by atoms with Crippen molar-refractivity contribution in [3.63, 3.8) is 0 Å². The van der Waals surface area contributed by atoms with Crippen LogP contribution in [0.25, 0.3) is 0 Å². The Kier molecular flexibility index (Phi) is 10.7. The summed E-state index contributed by atoms with van der Waals surface area (Å²) in [4.78, 5) is 30.9. The molecule has 1 aromatic carbocycles. The molecular formula is C26H38N4O2S. The zero-order chi connectivity index (χ0) is 24.4. The van der Waals surface area contributed by atoms with Gasteiger partial charge in [0, 0.05) is 18.1 Å². The third-order valence-corrected chi connectivity index (χ3v) is 6.26. The Bertz CT molecular complexity index is 890. The highest BCUT2D eigenvalue weighted by atomic mass is 32.1. The van der Waals surface area contributed by atoms with E-state index in [9.17, 15) is 9.59 Å². The van der Waals surface area contributed by atoms with Gasteiger partial charge in [-0.05, 0) is 37.7 Å². The predicted octanol–water partition coefficient (Wildman–Crippen LogP) is 4.26. The van der Waals surface area contributed by atoms with Gasteiger partial charge in [-0.2, -0.15) is 0 Å². The molecule has 0 saturated carbocycles. The molecule has 0 bridgehead atoms. The first-order valence-electron chi connectivity index (χ1n) is 11.6. The number of hydrogen-bond acceptors (Lipinski definition) is 5. The van der Waals surface area contributed by atoms with Crippen LogP contribution >= 0.6 is 11.3 Å². The lowest BCUT2D eigenvalue weighted by atomic mass is 9.99. The summed E-state index contributed by atoms with van der Waals surface area (Å²) >= 11 is 1.52. The standard InChI is InChI=1S/C26H38N4O2S/c1-17(2)12-13-27-21(16-20-10-8-7-9-11-20)24(31)29-22(18(3)4)25(32)30-23(19(5)6)26-28-14-15-33-26/h7-12,14-15,18-19,21-23,27H,13,16H2,1-6H3,(H,29,31)(H,30,32)/t21-,22-,23-/m0/s1. The molecule has 3 N–H and O–H groups in total. The van der Waals surface area contributed by atoms with Crippen LogP contribution in [0, 0.1) is 11.8 Å². The van der Waals surface area contributed by atoms with Crippen molar-refractivity contribution < 1.29 is 9.59 Å². The Balaban J connectivity index is 2.14. The van der Waals surface area contributed by atoms with Gasteiger partial charge in [0.2, 0.25) is 11.8 Å². The van der Waals surface area contributed by atoms with Gasteiger partial charge < -0.3 is 16.0 Å². The number of amides is 2. The average Bonchev–Trinajstić information content (AvgIpc) is 3.29. The molecule has 0 fully saturated rings. The summed E-state index contributed by atoms with van der Waals surface area (Å²) in [6, 6.07) is 8.64. The normalized spacial score (nSPS) is 13.9. The molecule has 2 amide bonds. The van der Waals surface area contributed by atoms with Crippen LogP contribution in [0.3, 0.4) is 0 Å². The van der Waals surface area contributed by atoms with Crippen molar-refractivity contribution in [3.8, 4) is 0 Å². The minimum absolute atomic E-state index is 0.0618. The van der Waals surface area contributed by atoms with Gasteiger partial charge in [-0.1, -0.05) is 69.7 Å². The Hall–Kier alpha value is -2.51. The fourth-order valence-corrected chi connectivity index (χ4v) is 4.31. The van der Waals surface area contributed by atoms with E-state index in [4.69, 9.17) is 0 Å². The van der Waals surface area contributed by atoms with E-state index in [0.29, 0.717) is 13.0 Å². The van der Waals surface area contributed by atoms with Crippen LogP contribution in [0.15, 0.2) is 53.6 Å². The smallest absolute Gasteiger partial charge is 0.243 e. The van der Waals surface area contributed by atoms with Gasteiger partial charge >= 0.3 is 0 Å². The van der Waals surface area contributed by atoms with Crippen molar-refractivity contribution in [2.24, 2.45) is 11.8 Å². The molecule has 0 aliphatic heterocycles. The molecule has 0 spiro atoms. The summed E-state index contributed by atoms with van der Waals surface area (Å²) in [5, 5.41) is 12.2. The fraction of sp³-hybridized carbons (Fsp3) is 0.500. The van der Waals surface area contributed by atoms with E-state index in [1.54, 1.807) is 6.20 Å². The Labute approximate surface area is 202 Å². The fourth-order valence-electron chi connectivity index (χ4n) is 3.45. The molecule has 33 heavy (non-hydrogen) atoms. The maximum absolute atomic E-state index is 13.3. The maximum Gasteiger partial charge on any atom is 0.243 e. The molecule has 6 nitrogen and oxygen atoms in total. The van der Waals surface area contributed by atoms with E-state index in [2.05, 4.69) is 40.9 Å². The van der Waals surface area contributed by atoms with Crippen molar-refractivity contribution in [1.29, 1.82) is 0 Å². The first kappa shape index (κ1) is 26.7. The zero-order valence-corrected chi connectivity index (χ0v) is 21.4. The van der Waals surface area contributed by atoms with Gasteiger partial charge in [0.25, 0.3) is 0 Å². The first-order chi connectivity index (χ1) is 15.7. The minimum atomic E-state index is -0.637. The molecule has 0 saturated heterocycles. The highest BCUT2D eigenvalue weighted by Gasteiger charge is 2.30. The summed E-state index contributed by atoms with van der Waals surface area (Å²) in [7, 11) is 0. The van der Waals surface area contributed by atoms with Crippen molar-refractivity contribution in [2.75, 3.05) is 6.54 Å². The number of carbonyl (C=O) groups excluding carboxylic acids is 2. The molecule has 0 aliphatic carbocycles. The van der Waals surface area contributed by atoms with E-state index in [1.165, 1.54) is 16.9 Å². The summed E-state index contributed by atoms with van der Waals surface area (Å²) in [5.41, 5.74) is 2.25. The van der Waals surface area contributed by atoms with E-state index in [1.807, 2.05) is 63.4 Å². The molecule has 1 heterocycles. The van der Waals surface area contributed by atoms with Crippen LogP contribution in [-0.2, 0) is 16.0 Å². The molecule has 180 valence electrons. The number of nitrogens with zero attached hydrogens (tertiary/aromatic N) is 1. The summed E-state index contributed by atoms with van der Waals surface area (Å²) in [6.07, 6.45) is 4.35. The predicted molar refractivity (Wildman–Crippen MR) is 136 cm³/mol. The molecule has 1 aromatic heterocycles. The Morgan fingerprint density at radius 1 is 1.00 bits per heavy atom. The van der Waals surface area contributed by atoms with Crippen molar-refractivity contribution in [1.82, 2.24) is 20.9 Å². The van der Waals surface area contributed by atoms with E-state index in [0.717, 1.165) is 10.6 Å². The number of thiazole rings is 1. The number of allylic oxidation sites excluding steroid dienone is 1. The van der Waals surface area contributed by atoms with Gasteiger partial charge in [0.05, 0.1) is 12.1 Å². The molecular weight excluding hydrogens is 432 g/mol. The second kappa shape index (κ2) is 13.3. The van der Waals surface area contributed by atoms with Crippen LogP contribution < -0.4 is 16.0 Å². The van der Waals surface area contributed by atoms with Gasteiger partial charge in [0.1, 0.15) is 11.0 Å². The Morgan fingerprint density at radius 3 is 2.24 bits per heavy atom. The third kappa shape index (κ3) is 8.74. The minimum Gasteiger partial charge on any atom is -0.345 e. The van der Waals surface area contributed by atoms with E-state index >= 15 is 0 Å². The number of benzene rings is 1. The average molecular weight is 471 g/mol. The van der Waals surface area contributed by atoms with Gasteiger partial charge in [-0.25, -0.2) is 4.98 Å². The van der Waals surface area contributed by atoms with Crippen LogP contribution in [-0.4, -0.2) is 35.4 Å². The van der Waals surface area contributed by atoms with Crippen molar-refractivity contribution in [3.05, 3.63) is 64.1 Å². The number of hydrogen-bond donors (Lipinski definition) is 3. The van der Waals surface area contributed by atoms with Crippen LogP contribution in [0.2, 0.25) is 0 Å². The Morgan fingerprint density at radius 2 is 1.70 bits per heavy atom. The molecule has 3 atom stereocenters. The number of rotatable bonds is 12. The summed E-state index contributed by atoms with van der Waals surface area (Å²) in [6.45, 7) is 12.6.